The number of hydrogen-bond donors (Lipinski definition) is 0. The maximum Gasteiger partial charge on any atom is 0.138 e. The summed E-state index contributed by atoms with van der Waals surface area (Å²) < 4.78 is 5.90. The molecular weight excluding hydrogens is 254 g/mol. The second-order valence-electron chi connectivity index (χ2n) is 4.20. The van der Waals surface area contributed by atoms with Gasteiger partial charge >= 0.3 is 0 Å². The van der Waals surface area contributed by atoms with Gasteiger partial charge in [-0.1, -0.05) is 18.0 Å². The van der Waals surface area contributed by atoms with Crippen molar-refractivity contribution in [1.29, 1.82) is 0 Å². The molecule has 90 valence electrons. The molecule has 17 heavy (non-hydrogen) atoms. The molecule has 0 heterocycles. The fraction of sp³-hybridized carbons (Fsp3) is 0.462. The molecule has 1 aromatic carbocycles. The van der Waals surface area contributed by atoms with Crippen molar-refractivity contribution in [2.45, 2.75) is 38.2 Å². The zero-order valence-corrected chi connectivity index (χ0v) is 11.1. The molecule has 2 nitrogen and oxygen atoms in total. The van der Waals surface area contributed by atoms with Gasteiger partial charge in [-0.25, -0.2) is 0 Å². The lowest BCUT2D eigenvalue weighted by molar-refractivity contribution is 0.155. The molecule has 1 aliphatic carbocycles. The average molecular weight is 268 g/mol. The van der Waals surface area contributed by atoms with Crippen molar-refractivity contribution in [2.75, 3.05) is 0 Å². The molecule has 0 spiro atoms. The first-order valence-corrected chi connectivity index (χ1v) is 6.62. The van der Waals surface area contributed by atoms with E-state index in [2.05, 4.69) is 22.4 Å². The van der Waals surface area contributed by atoms with Crippen molar-refractivity contribution in [3.63, 3.8) is 0 Å². The lowest BCUT2D eigenvalue weighted by atomic mass is 9.98. The van der Waals surface area contributed by atoms with Gasteiger partial charge < -0.3 is 4.74 Å². The predicted octanol–water partition coefficient (Wildman–Crippen LogP) is 4.79. The molecule has 2 rings (SSSR count). The molecule has 0 bridgehead atoms. The Balaban J connectivity index is 2.07. The third-order valence-electron chi connectivity index (χ3n) is 2.94. The zero-order valence-electron chi connectivity index (χ0n) is 9.49. The Morgan fingerprint density at radius 3 is 2.71 bits per heavy atom. The van der Waals surface area contributed by atoms with Crippen LogP contribution in [0.2, 0.25) is 5.02 Å². The molecule has 0 unspecified atom stereocenters. The summed E-state index contributed by atoms with van der Waals surface area (Å²) in [5, 5.41) is 2.91. The topological polar surface area (TPSA) is 21.6 Å². The zero-order chi connectivity index (χ0) is 12.1. The summed E-state index contributed by atoms with van der Waals surface area (Å²) in [4.78, 5) is 3.88. The van der Waals surface area contributed by atoms with Crippen LogP contribution in [-0.4, -0.2) is 11.3 Å². The van der Waals surface area contributed by atoms with Crippen molar-refractivity contribution < 1.29 is 4.74 Å². The van der Waals surface area contributed by atoms with Gasteiger partial charge in [-0.3, -0.25) is 0 Å². The van der Waals surface area contributed by atoms with E-state index < -0.39 is 0 Å². The predicted molar refractivity (Wildman–Crippen MR) is 73.6 cm³/mol. The van der Waals surface area contributed by atoms with Gasteiger partial charge in [-0.2, -0.15) is 4.99 Å². The molecule has 0 atom stereocenters. The molecule has 0 amide bonds. The number of hydrogen-bond acceptors (Lipinski definition) is 3. The minimum atomic E-state index is 0.307. The lowest BCUT2D eigenvalue weighted by Crippen LogP contribution is -2.19. The second kappa shape index (κ2) is 6.15. The van der Waals surface area contributed by atoms with E-state index in [1.54, 1.807) is 6.07 Å². The van der Waals surface area contributed by atoms with Crippen molar-refractivity contribution in [3.8, 4) is 5.75 Å². The van der Waals surface area contributed by atoms with E-state index in [4.69, 9.17) is 16.3 Å². The van der Waals surface area contributed by atoms with Crippen molar-refractivity contribution in [3.05, 3.63) is 23.2 Å². The molecular formula is C13H14ClNOS. The molecule has 1 fully saturated rings. The van der Waals surface area contributed by atoms with Gasteiger partial charge in [0.25, 0.3) is 0 Å². The maximum absolute atomic E-state index is 6.14. The van der Waals surface area contributed by atoms with Crippen LogP contribution in [0, 0.1) is 0 Å². The Kier molecular flexibility index (Phi) is 4.55. The van der Waals surface area contributed by atoms with E-state index in [1.807, 2.05) is 12.1 Å². The van der Waals surface area contributed by atoms with Gasteiger partial charge in [0, 0.05) is 0 Å². The number of benzene rings is 1. The smallest absolute Gasteiger partial charge is 0.138 e. The summed E-state index contributed by atoms with van der Waals surface area (Å²) >= 11 is 10.7. The molecule has 1 aliphatic rings. The Hall–Kier alpha value is -0.890. The number of isothiocyanates is 1. The van der Waals surface area contributed by atoms with Crippen molar-refractivity contribution in [1.82, 2.24) is 0 Å². The third kappa shape index (κ3) is 3.53. The first kappa shape index (κ1) is 12.6. The summed E-state index contributed by atoms with van der Waals surface area (Å²) in [6.07, 6.45) is 6.36. The van der Waals surface area contributed by atoms with Crippen LogP contribution in [0.25, 0.3) is 0 Å². The number of nitrogens with zero attached hydrogens (tertiary/aromatic N) is 1. The fourth-order valence-corrected chi connectivity index (χ4v) is 2.39. The van der Waals surface area contributed by atoms with Crippen LogP contribution >= 0.6 is 23.8 Å². The van der Waals surface area contributed by atoms with E-state index in [9.17, 15) is 0 Å². The van der Waals surface area contributed by atoms with E-state index >= 15 is 0 Å². The average Bonchev–Trinajstić information content (AvgIpc) is 2.34. The molecule has 1 saturated carbocycles. The summed E-state index contributed by atoms with van der Waals surface area (Å²) in [7, 11) is 0. The first-order chi connectivity index (χ1) is 8.29. The van der Waals surface area contributed by atoms with Crippen LogP contribution in [0.5, 0.6) is 5.75 Å². The van der Waals surface area contributed by atoms with Crippen LogP contribution in [0.4, 0.5) is 5.69 Å². The summed E-state index contributed by atoms with van der Waals surface area (Å²) in [6.45, 7) is 0. The van der Waals surface area contributed by atoms with Crippen LogP contribution < -0.4 is 4.74 Å². The summed E-state index contributed by atoms with van der Waals surface area (Å²) in [5.41, 5.74) is 0.709. The van der Waals surface area contributed by atoms with E-state index in [0.29, 0.717) is 16.8 Å². The quantitative estimate of drug-likeness (QED) is 0.580. The standard InChI is InChI=1S/C13H14ClNOS/c14-12-8-10(15-9-17)6-7-13(12)16-11-4-2-1-3-5-11/h6-8,11H,1-5H2. The first-order valence-electron chi connectivity index (χ1n) is 5.83. The van der Waals surface area contributed by atoms with Gasteiger partial charge in [0.15, 0.2) is 0 Å². The lowest BCUT2D eigenvalue weighted by Gasteiger charge is -2.23. The number of halogens is 1. The molecule has 0 saturated heterocycles. The highest BCUT2D eigenvalue weighted by atomic mass is 35.5. The SMILES string of the molecule is S=C=Nc1ccc(OC2CCCCC2)c(Cl)c1. The fourth-order valence-electron chi connectivity index (χ4n) is 2.07. The molecule has 0 aromatic heterocycles. The van der Waals surface area contributed by atoms with Crippen LogP contribution in [0.15, 0.2) is 23.2 Å². The van der Waals surface area contributed by atoms with E-state index in [1.165, 1.54) is 19.3 Å². The largest absolute Gasteiger partial charge is 0.489 e. The molecule has 1 aromatic rings. The highest BCUT2D eigenvalue weighted by Crippen LogP contribution is 2.31. The van der Waals surface area contributed by atoms with Gasteiger partial charge in [-0.05, 0) is 56.1 Å². The van der Waals surface area contributed by atoms with Crippen LogP contribution in [-0.2, 0) is 0 Å². The number of ether oxygens (including phenoxy) is 1. The Labute approximate surface area is 112 Å². The number of rotatable bonds is 3. The molecule has 0 aliphatic heterocycles. The minimum absolute atomic E-state index is 0.307. The second-order valence-corrected chi connectivity index (χ2v) is 4.79. The molecule has 4 heteroatoms. The normalized spacial score (nSPS) is 16.3. The molecule has 0 radical (unpaired) electrons. The maximum atomic E-state index is 6.14. The van der Waals surface area contributed by atoms with E-state index in [-0.39, 0.29) is 0 Å². The van der Waals surface area contributed by atoms with Gasteiger partial charge in [0.1, 0.15) is 5.75 Å². The van der Waals surface area contributed by atoms with Gasteiger partial charge in [0.05, 0.1) is 22.0 Å². The van der Waals surface area contributed by atoms with Crippen molar-refractivity contribution >= 4 is 34.7 Å². The van der Waals surface area contributed by atoms with Crippen molar-refractivity contribution in [2.24, 2.45) is 4.99 Å². The third-order valence-corrected chi connectivity index (χ3v) is 3.32. The summed E-state index contributed by atoms with van der Waals surface area (Å²) in [5.74, 6) is 0.738. The Morgan fingerprint density at radius 1 is 1.29 bits per heavy atom. The monoisotopic (exact) mass is 267 g/mol. The minimum Gasteiger partial charge on any atom is -0.489 e. The van der Waals surface area contributed by atoms with Crippen LogP contribution in [0.3, 0.4) is 0 Å². The highest BCUT2D eigenvalue weighted by molar-refractivity contribution is 7.78. The number of aliphatic imine (C=N–C) groups is 1. The summed E-state index contributed by atoms with van der Waals surface area (Å²) in [6, 6.07) is 5.44. The highest BCUT2D eigenvalue weighted by Gasteiger charge is 2.16. The van der Waals surface area contributed by atoms with Gasteiger partial charge in [0.2, 0.25) is 0 Å². The Morgan fingerprint density at radius 2 is 2.06 bits per heavy atom. The Bertz CT molecular complexity index is 437. The number of thiocarbonyl (C=S) groups is 1. The van der Waals surface area contributed by atoms with E-state index in [0.717, 1.165) is 18.6 Å². The van der Waals surface area contributed by atoms with Gasteiger partial charge in [-0.15, -0.1) is 0 Å². The molecule has 0 N–H and O–H groups in total. The van der Waals surface area contributed by atoms with Crippen LogP contribution in [0.1, 0.15) is 32.1 Å².